The summed E-state index contributed by atoms with van der Waals surface area (Å²) in [6, 6.07) is 8.09. The topological polar surface area (TPSA) is 79.2 Å². The molecule has 0 spiro atoms. The second-order valence-corrected chi connectivity index (χ2v) is 6.39. The standard InChI is InChI=1S/C18H16N6O/c25-11-23-7-4-12(10-23)16-8-14-13(3-6-19-18(14)22-16)15-9-21-24-17(15)2-1-5-20-24/h1-3,5-6,8-9,11-12H,4,7,10H2,(H,19,22). The number of aromatic amines is 1. The summed E-state index contributed by atoms with van der Waals surface area (Å²) in [5, 5.41) is 9.64. The first-order valence-corrected chi connectivity index (χ1v) is 8.30. The number of H-pyrrole nitrogens is 1. The highest BCUT2D eigenvalue weighted by Crippen LogP contribution is 2.34. The number of hydrogen-bond donors (Lipinski definition) is 1. The van der Waals surface area contributed by atoms with Gasteiger partial charge in [-0.1, -0.05) is 0 Å². The molecule has 0 aromatic carbocycles. The van der Waals surface area contributed by atoms with Crippen LogP contribution in [0.5, 0.6) is 0 Å². The number of rotatable bonds is 3. The van der Waals surface area contributed by atoms with Crippen LogP contribution >= 0.6 is 0 Å². The van der Waals surface area contributed by atoms with Crippen LogP contribution < -0.4 is 0 Å². The highest BCUT2D eigenvalue weighted by molar-refractivity contribution is 5.97. The van der Waals surface area contributed by atoms with Gasteiger partial charge in [0.25, 0.3) is 0 Å². The van der Waals surface area contributed by atoms with Gasteiger partial charge in [-0.3, -0.25) is 4.79 Å². The second kappa shape index (κ2) is 5.41. The van der Waals surface area contributed by atoms with E-state index in [1.165, 1.54) is 0 Å². The number of fused-ring (bicyclic) bond motifs is 2. The third-order valence-corrected chi connectivity index (χ3v) is 4.96. The number of amides is 1. The summed E-state index contributed by atoms with van der Waals surface area (Å²) >= 11 is 0. The molecule has 1 aliphatic heterocycles. The van der Waals surface area contributed by atoms with E-state index in [2.05, 4.69) is 26.2 Å². The van der Waals surface area contributed by atoms with Crippen molar-refractivity contribution in [3.63, 3.8) is 0 Å². The highest BCUT2D eigenvalue weighted by atomic mass is 16.1. The van der Waals surface area contributed by atoms with Gasteiger partial charge in [0.1, 0.15) is 5.65 Å². The Morgan fingerprint density at radius 2 is 2.16 bits per heavy atom. The van der Waals surface area contributed by atoms with E-state index in [1.807, 2.05) is 35.5 Å². The summed E-state index contributed by atoms with van der Waals surface area (Å²) in [6.07, 6.45) is 7.27. The van der Waals surface area contributed by atoms with Gasteiger partial charge >= 0.3 is 0 Å². The Kier molecular flexibility index (Phi) is 3.06. The number of nitrogens with one attached hydrogen (secondary N) is 1. The van der Waals surface area contributed by atoms with Crippen LogP contribution in [0.2, 0.25) is 0 Å². The van der Waals surface area contributed by atoms with Crippen molar-refractivity contribution in [3.05, 3.63) is 48.5 Å². The molecule has 0 aliphatic carbocycles. The van der Waals surface area contributed by atoms with Crippen LogP contribution in [0.4, 0.5) is 0 Å². The summed E-state index contributed by atoms with van der Waals surface area (Å²) in [7, 11) is 0. The number of nitrogens with zero attached hydrogens (tertiary/aromatic N) is 5. The molecule has 1 aliphatic rings. The molecule has 25 heavy (non-hydrogen) atoms. The third-order valence-electron chi connectivity index (χ3n) is 4.96. The minimum Gasteiger partial charge on any atom is -0.345 e. The van der Waals surface area contributed by atoms with Gasteiger partial charge in [0.2, 0.25) is 6.41 Å². The Morgan fingerprint density at radius 3 is 3.04 bits per heavy atom. The average Bonchev–Trinajstić information content (AvgIpc) is 3.37. The molecule has 1 N–H and O–H groups in total. The van der Waals surface area contributed by atoms with Gasteiger partial charge in [0.15, 0.2) is 0 Å². The lowest BCUT2D eigenvalue weighted by molar-refractivity contribution is -0.117. The van der Waals surface area contributed by atoms with E-state index in [1.54, 1.807) is 10.8 Å². The van der Waals surface area contributed by atoms with Crippen LogP contribution in [-0.2, 0) is 4.79 Å². The molecule has 4 aromatic heterocycles. The van der Waals surface area contributed by atoms with Crippen molar-refractivity contribution >= 4 is 23.0 Å². The monoisotopic (exact) mass is 332 g/mol. The van der Waals surface area contributed by atoms with E-state index >= 15 is 0 Å². The van der Waals surface area contributed by atoms with Crippen LogP contribution in [0.25, 0.3) is 27.7 Å². The molecule has 1 atom stereocenters. The maximum atomic E-state index is 11.0. The van der Waals surface area contributed by atoms with E-state index in [0.29, 0.717) is 5.92 Å². The first-order chi connectivity index (χ1) is 12.3. The fourth-order valence-corrected chi connectivity index (χ4v) is 3.68. The fraction of sp³-hybridized carbons (Fsp3) is 0.222. The highest BCUT2D eigenvalue weighted by Gasteiger charge is 2.25. The minimum atomic E-state index is 0.331. The van der Waals surface area contributed by atoms with Crippen LogP contribution in [0.15, 0.2) is 42.9 Å². The second-order valence-electron chi connectivity index (χ2n) is 6.39. The zero-order chi connectivity index (χ0) is 16.8. The Morgan fingerprint density at radius 1 is 1.20 bits per heavy atom. The first kappa shape index (κ1) is 14.2. The smallest absolute Gasteiger partial charge is 0.209 e. The predicted molar refractivity (Wildman–Crippen MR) is 93.1 cm³/mol. The lowest BCUT2D eigenvalue weighted by Gasteiger charge is -2.08. The van der Waals surface area contributed by atoms with E-state index in [9.17, 15) is 4.79 Å². The summed E-state index contributed by atoms with van der Waals surface area (Å²) in [4.78, 5) is 20.7. The molecule has 5 rings (SSSR count). The Labute approximate surface area is 143 Å². The molecule has 0 bridgehead atoms. The normalized spacial score (nSPS) is 17.6. The van der Waals surface area contributed by atoms with Gasteiger partial charge in [-0.2, -0.15) is 14.8 Å². The zero-order valence-corrected chi connectivity index (χ0v) is 13.5. The number of carbonyl (C=O) groups is 1. The number of likely N-dealkylation sites (tertiary alicyclic amines) is 1. The van der Waals surface area contributed by atoms with Crippen molar-refractivity contribution in [1.82, 2.24) is 29.7 Å². The first-order valence-electron chi connectivity index (χ1n) is 8.30. The molecule has 7 heteroatoms. The van der Waals surface area contributed by atoms with E-state index < -0.39 is 0 Å². The SMILES string of the molecule is O=CN1CCC(c2cc3c(-c4cnn5ncccc45)ccnc3[nH]2)C1. The minimum absolute atomic E-state index is 0.331. The fourth-order valence-electron chi connectivity index (χ4n) is 3.68. The third kappa shape index (κ3) is 2.20. The van der Waals surface area contributed by atoms with Gasteiger partial charge in [-0.15, -0.1) is 0 Å². The van der Waals surface area contributed by atoms with Crippen LogP contribution in [-0.4, -0.2) is 49.2 Å². The molecule has 5 heterocycles. The lowest BCUT2D eigenvalue weighted by atomic mass is 10.0. The maximum Gasteiger partial charge on any atom is 0.209 e. The Balaban J connectivity index is 1.63. The number of hydrogen-bond acceptors (Lipinski definition) is 4. The summed E-state index contributed by atoms with van der Waals surface area (Å²) in [5.74, 6) is 0.331. The molecular weight excluding hydrogens is 316 g/mol. The van der Waals surface area contributed by atoms with Gasteiger partial charge in [0.05, 0.1) is 11.7 Å². The van der Waals surface area contributed by atoms with Gasteiger partial charge in [-0.05, 0) is 36.2 Å². The van der Waals surface area contributed by atoms with Crippen LogP contribution in [0.1, 0.15) is 18.0 Å². The zero-order valence-electron chi connectivity index (χ0n) is 13.5. The van der Waals surface area contributed by atoms with Crippen molar-refractivity contribution in [1.29, 1.82) is 0 Å². The number of aromatic nitrogens is 5. The van der Waals surface area contributed by atoms with E-state index in [0.717, 1.165) is 59.3 Å². The van der Waals surface area contributed by atoms with Gasteiger partial charge in [0, 0.05) is 48.0 Å². The lowest BCUT2D eigenvalue weighted by Crippen LogP contribution is -2.17. The number of carbonyl (C=O) groups excluding carboxylic acids is 1. The Hall–Kier alpha value is -3.22. The summed E-state index contributed by atoms with van der Waals surface area (Å²) in [5.41, 5.74) is 5.08. The van der Waals surface area contributed by atoms with Crippen molar-refractivity contribution < 1.29 is 4.79 Å². The largest absolute Gasteiger partial charge is 0.345 e. The Bertz CT molecular complexity index is 1080. The number of pyridine rings is 1. The quantitative estimate of drug-likeness (QED) is 0.584. The molecular formula is C18H16N6O. The van der Waals surface area contributed by atoms with E-state index in [-0.39, 0.29) is 0 Å². The molecule has 4 aromatic rings. The molecule has 0 saturated carbocycles. The van der Waals surface area contributed by atoms with E-state index in [4.69, 9.17) is 0 Å². The molecule has 7 nitrogen and oxygen atoms in total. The molecule has 1 amide bonds. The van der Waals surface area contributed by atoms with Gasteiger partial charge < -0.3 is 9.88 Å². The van der Waals surface area contributed by atoms with Crippen molar-refractivity contribution in [2.45, 2.75) is 12.3 Å². The summed E-state index contributed by atoms with van der Waals surface area (Å²) < 4.78 is 1.63. The van der Waals surface area contributed by atoms with Crippen molar-refractivity contribution in [2.24, 2.45) is 0 Å². The van der Waals surface area contributed by atoms with Gasteiger partial charge in [-0.25, -0.2) is 4.98 Å². The van der Waals surface area contributed by atoms with Crippen molar-refractivity contribution in [2.75, 3.05) is 13.1 Å². The van der Waals surface area contributed by atoms with Crippen LogP contribution in [0, 0.1) is 0 Å². The van der Waals surface area contributed by atoms with Crippen molar-refractivity contribution in [3.8, 4) is 11.1 Å². The molecule has 1 unspecified atom stereocenters. The maximum absolute atomic E-state index is 11.0. The molecule has 1 saturated heterocycles. The predicted octanol–water partition coefficient (Wildman–Crippen LogP) is 2.22. The molecule has 124 valence electrons. The summed E-state index contributed by atoms with van der Waals surface area (Å²) in [6.45, 7) is 1.57. The average molecular weight is 332 g/mol. The molecule has 1 fully saturated rings. The van der Waals surface area contributed by atoms with Crippen LogP contribution in [0.3, 0.4) is 0 Å². The molecule has 0 radical (unpaired) electrons.